The average molecular weight is 1410 g/mol. The second kappa shape index (κ2) is 26.0. The third kappa shape index (κ3) is 11.2. The van der Waals surface area contributed by atoms with Gasteiger partial charge in [-0.15, -0.1) is 11.3 Å². The Balaban J connectivity index is 0.945. The van der Waals surface area contributed by atoms with Crippen LogP contribution < -0.4 is 26.2 Å². The largest absolute Gasteiger partial charge is 0.311 e. The van der Waals surface area contributed by atoms with Crippen LogP contribution in [0.15, 0.2) is 364 Å². The van der Waals surface area contributed by atoms with Crippen molar-refractivity contribution >= 4 is 111 Å². The van der Waals surface area contributed by atoms with Gasteiger partial charge in [-0.2, -0.15) is 0 Å². The highest BCUT2D eigenvalue weighted by Gasteiger charge is 2.45. The van der Waals surface area contributed by atoms with Gasteiger partial charge < -0.3 is 14.4 Å². The number of aromatic nitrogens is 1. The lowest BCUT2D eigenvalue weighted by molar-refractivity contribution is 0.591. The molecule has 0 radical (unpaired) electrons. The smallest absolute Gasteiger partial charge is 0.252 e. The lowest BCUT2D eigenvalue weighted by Crippen LogP contribution is -2.61. The molecule has 0 saturated carbocycles. The zero-order chi connectivity index (χ0) is 73.2. The zero-order valence-corrected chi connectivity index (χ0v) is 62.8. The van der Waals surface area contributed by atoms with E-state index in [1.807, 2.05) is 11.3 Å². The van der Waals surface area contributed by atoms with Crippen molar-refractivity contribution in [3.63, 3.8) is 0 Å². The second-order valence-corrected chi connectivity index (χ2v) is 32.6. The van der Waals surface area contributed by atoms with E-state index >= 15 is 0 Å². The fourth-order valence-electron chi connectivity index (χ4n) is 17.5. The summed E-state index contributed by atoms with van der Waals surface area (Å²) >= 11 is 1.87. The summed E-state index contributed by atoms with van der Waals surface area (Å²) in [6, 6.07) is 138. The van der Waals surface area contributed by atoms with Crippen molar-refractivity contribution in [2.24, 2.45) is 0 Å². The number of hydrogen-bond acceptors (Lipinski definition) is 3. The van der Waals surface area contributed by atoms with Crippen LogP contribution in [-0.4, -0.2) is 11.3 Å². The third-order valence-corrected chi connectivity index (χ3v) is 24.0. The number of para-hydroxylation sites is 1. The van der Waals surface area contributed by atoms with Crippen LogP contribution in [0.25, 0.3) is 137 Å². The van der Waals surface area contributed by atoms with Gasteiger partial charge in [0, 0.05) is 76.1 Å². The van der Waals surface area contributed by atoms with Crippen molar-refractivity contribution in [1.29, 1.82) is 0 Å². The van der Waals surface area contributed by atoms with Crippen molar-refractivity contribution in [2.45, 2.75) is 52.4 Å². The maximum absolute atomic E-state index is 2.68. The van der Waals surface area contributed by atoms with E-state index in [-0.39, 0.29) is 17.5 Å². The Labute approximate surface area is 642 Å². The van der Waals surface area contributed by atoms with Crippen LogP contribution in [0.5, 0.6) is 0 Å². The molecule has 0 spiro atoms. The monoisotopic (exact) mass is 1410 g/mol. The number of benzene rings is 16. The Kier molecular flexibility index (Phi) is 15.7. The number of thiophene rings is 1. The van der Waals surface area contributed by atoms with Crippen LogP contribution in [0.2, 0.25) is 0 Å². The highest BCUT2D eigenvalue weighted by Crippen LogP contribution is 2.54. The molecule has 2 aliphatic heterocycles. The molecule has 4 heterocycles. The molecule has 3 nitrogen and oxygen atoms in total. The molecule has 0 unspecified atom stereocenters. The molecule has 109 heavy (non-hydrogen) atoms. The quantitative estimate of drug-likeness (QED) is 0.120. The number of fused-ring (bicyclic) bond motifs is 10. The summed E-state index contributed by atoms with van der Waals surface area (Å²) in [5, 5.41) is 5.02. The van der Waals surface area contributed by atoms with Gasteiger partial charge >= 0.3 is 0 Å². The lowest BCUT2D eigenvalue weighted by Gasteiger charge is -2.45. The first-order valence-electron chi connectivity index (χ1n) is 38.1. The minimum absolute atomic E-state index is 0.111. The molecule has 0 aliphatic carbocycles. The molecule has 2 aromatic heterocycles. The van der Waals surface area contributed by atoms with Gasteiger partial charge in [0.2, 0.25) is 0 Å². The molecule has 0 saturated heterocycles. The molecule has 0 atom stereocenters. The normalized spacial score (nSPS) is 12.6. The number of rotatable bonds is 11. The summed E-state index contributed by atoms with van der Waals surface area (Å²) in [4.78, 5) is 5.31. The molecular formula is C104H78BN3S. The summed E-state index contributed by atoms with van der Waals surface area (Å²) in [5.41, 5.74) is 34.6. The molecule has 5 heteroatoms. The Morgan fingerprint density at radius 2 is 0.716 bits per heavy atom. The maximum Gasteiger partial charge on any atom is 0.252 e. The average Bonchev–Trinajstić information content (AvgIpc) is 1.38. The Morgan fingerprint density at radius 1 is 0.257 bits per heavy atom. The van der Waals surface area contributed by atoms with Gasteiger partial charge in [0.25, 0.3) is 6.71 Å². The first-order valence-corrected chi connectivity index (χ1v) is 39.0. The van der Waals surface area contributed by atoms with Gasteiger partial charge in [0.15, 0.2) is 0 Å². The lowest BCUT2D eigenvalue weighted by atomic mass is 9.33. The molecule has 18 aromatic rings. The predicted molar refractivity (Wildman–Crippen MR) is 469 cm³/mol. The van der Waals surface area contributed by atoms with Crippen molar-refractivity contribution in [3.8, 4) is 94.7 Å². The van der Waals surface area contributed by atoms with Crippen LogP contribution in [0, 0.1) is 0 Å². The van der Waals surface area contributed by atoms with Crippen LogP contribution in [0.3, 0.4) is 0 Å². The highest BCUT2D eigenvalue weighted by molar-refractivity contribution is 7.25. The molecule has 0 amide bonds. The molecule has 0 N–H and O–H groups in total. The summed E-state index contributed by atoms with van der Waals surface area (Å²) in [7, 11) is 0. The molecule has 0 fully saturated rings. The van der Waals surface area contributed by atoms with Gasteiger partial charge in [0.1, 0.15) is 0 Å². The molecule has 2 aliphatic rings. The van der Waals surface area contributed by atoms with Gasteiger partial charge in [-0.1, -0.05) is 327 Å². The van der Waals surface area contributed by atoms with Crippen LogP contribution >= 0.6 is 11.3 Å². The summed E-state index contributed by atoms with van der Waals surface area (Å²) < 4.78 is 5.20. The molecule has 20 rings (SSSR count). The Hall–Kier alpha value is -12.8. The van der Waals surface area contributed by atoms with Crippen LogP contribution in [0.4, 0.5) is 34.1 Å². The van der Waals surface area contributed by atoms with Crippen molar-refractivity contribution in [3.05, 3.63) is 375 Å². The van der Waals surface area contributed by atoms with E-state index in [0.29, 0.717) is 0 Å². The topological polar surface area (TPSA) is 11.4 Å². The van der Waals surface area contributed by atoms with E-state index in [1.54, 1.807) is 0 Å². The van der Waals surface area contributed by atoms with Crippen LogP contribution in [0.1, 0.15) is 52.7 Å². The Bertz CT molecular complexity index is 6420. The fraction of sp³-hybridized carbons (Fsp3) is 0.0769. The number of nitrogens with zero attached hydrogens (tertiary/aromatic N) is 3. The van der Waals surface area contributed by atoms with E-state index in [9.17, 15) is 0 Å². The van der Waals surface area contributed by atoms with Crippen molar-refractivity contribution in [1.82, 2.24) is 4.57 Å². The molecule has 518 valence electrons. The SMILES string of the molecule is CC(C)(C)c1ccc2c3ccc(C(C)(C)C)cc3n(-c3cccc(-c4ccc5sc6ccccc6c5c4)c3-c3ccc4c(c3)B3c5ccc(-c6ccccc6)cc5N(c5c(-c6ccccc6)cccc5-c5ccccc5)c5cc(-c6ccccc6)cc(c53)N4c3cc(-c4ccccc4)cc(-c4ccccc4)c3)c2c1. The minimum Gasteiger partial charge on any atom is -0.311 e. The van der Waals surface area contributed by atoms with E-state index < -0.39 is 0 Å². The number of anilines is 6. The Morgan fingerprint density at radius 3 is 1.28 bits per heavy atom. The van der Waals surface area contributed by atoms with Gasteiger partial charge in [-0.3, -0.25) is 0 Å². The zero-order valence-electron chi connectivity index (χ0n) is 62.0. The van der Waals surface area contributed by atoms with Gasteiger partial charge in [0.05, 0.1) is 22.4 Å². The molecular weight excluding hydrogens is 1330 g/mol. The fourth-order valence-corrected chi connectivity index (χ4v) is 18.6. The maximum atomic E-state index is 2.68. The first-order chi connectivity index (χ1) is 53.3. The summed E-state index contributed by atoms with van der Waals surface area (Å²) in [6.45, 7) is 13.8. The van der Waals surface area contributed by atoms with E-state index in [1.165, 1.54) is 86.2 Å². The second-order valence-electron chi connectivity index (χ2n) is 31.6. The van der Waals surface area contributed by atoms with E-state index in [0.717, 1.165) is 112 Å². The first kappa shape index (κ1) is 65.7. The molecule has 0 bridgehead atoms. The molecule has 16 aromatic carbocycles. The summed E-state index contributed by atoms with van der Waals surface area (Å²) in [6.07, 6.45) is 0. The van der Waals surface area contributed by atoms with Gasteiger partial charge in [-0.05, 0) is 190 Å². The van der Waals surface area contributed by atoms with Gasteiger partial charge in [-0.25, -0.2) is 0 Å². The highest BCUT2D eigenvalue weighted by atomic mass is 32.1. The standard InChI is InChI=1S/C104H78BN3S/c1-103(2,3)79-50-52-85-86-53-51-80(104(4,5)6)66-94(86)107(93(85)65-79)92-45-28-42-82(74-49-56-99-88(60-74)87-41-25-26-46-98(87)109-99)100(92)75-48-55-91-90(61-75)105-89-54-47-73(67-29-13-7-14-30-67)62-95(89)108(102-83(71-37-21-11-22-38-71)43-27-44-84(102)72-39-23-12-24-40-72)97-64-78(70-35-19-10-20-36-70)63-96(101(97)105)106(91)81-58-76(68-31-15-8-16-32-68)57-77(59-81)69-33-17-9-18-34-69/h7-66H,1-6H3. The van der Waals surface area contributed by atoms with E-state index in [2.05, 4.69) is 420 Å². The number of hydrogen-bond donors (Lipinski definition) is 0. The predicted octanol–water partition coefficient (Wildman–Crippen LogP) is 27.2. The van der Waals surface area contributed by atoms with Crippen LogP contribution in [-0.2, 0) is 10.8 Å². The van der Waals surface area contributed by atoms with Crippen molar-refractivity contribution < 1.29 is 0 Å². The third-order valence-electron chi connectivity index (χ3n) is 22.9. The van der Waals surface area contributed by atoms with Crippen molar-refractivity contribution in [2.75, 3.05) is 9.80 Å². The minimum atomic E-state index is -0.284. The van der Waals surface area contributed by atoms with E-state index in [4.69, 9.17) is 0 Å². The summed E-state index contributed by atoms with van der Waals surface area (Å²) in [5.74, 6) is 0.